The highest BCUT2D eigenvalue weighted by atomic mass is 32.1. The number of benzene rings is 10. The summed E-state index contributed by atoms with van der Waals surface area (Å²) in [6, 6.07) is 83.2. The van der Waals surface area contributed by atoms with Crippen molar-refractivity contribution in [3.05, 3.63) is 247 Å². The number of furan rings is 1. The Labute approximate surface area is 374 Å². The van der Waals surface area contributed by atoms with Crippen molar-refractivity contribution in [2.75, 3.05) is 4.90 Å². The van der Waals surface area contributed by atoms with Crippen molar-refractivity contribution in [3.63, 3.8) is 0 Å². The van der Waals surface area contributed by atoms with E-state index < -0.39 is 5.41 Å². The van der Waals surface area contributed by atoms with Crippen LogP contribution in [0.4, 0.5) is 17.1 Å². The zero-order chi connectivity index (χ0) is 41.9. The fraction of sp³-hybridized carbons (Fsp3) is 0.0164. The first-order valence-electron chi connectivity index (χ1n) is 22.0. The van der Waals surface area contributed by atoms with E-state index in [1.807, 2.05) is 11.3 Å². The van der Waals surface area contributed by atoms with Gasteiger partial charge in [0.05, 0.1) is 22.2 Å². The molecule has 1 atom stereocenters. The largest absolute Gasteiger partial charge is 0.456 e. The Morgan fingerprint density at radius 3 is 1.72 bits per heavy atom. The fourth-order valence-corrected chi connectivity index (χ4v) is 12.4. The van der Waals surface area contributed by atoms with Crippen LogP contribution >= 0.6 is 11.3 Å². The zero-order valence-corrected chi connectivity index (χ0v) is 35.4. The highest BCUT2D eigenvalue weighted by Crippen LogP contribution is 2.63. The van der Waals surface area contributed by atoms with Crippen molar-refractivity contribution in [1.82, 2.24) is 0 Å². The normalized spacial score (nSPS) is 14.6. The van der Waals surface area contributed by atoms with Crippen LogP contribution in [-0.4, -0.2) is 0 Å². The van der Waals surface area contributed by atoms with Gasteiger partial charge in [0.2, 0.25) is 0 Å². The summed E-state index contributed by atoms with van der Waals surface area (Å²) in [6.45, 7) is 0. The number of nitrogens with zero attached hydrogens (tertiary/aromatic N) is 1. The molecule has 12 aromatic rings. The average molecular weight is 832 g/mol. The van der Waals surface area contributed by atoms with Crippen LogP contribution in [0.2, 0.25) is 0 Å². The number of hydrogen-bond donors (Lipinski definition) is 0. The molecule has 1 unspecified atom stereocenters. The molecular formula is C61H37NOS. The average Bonchev–Trinajstić information content (AvgIpc) is 4.00. The van der Waals surface area contributed by atoms with Crippen LogP contribution in [0.5, 0.6) is 0 Å². The maximum Gasteiger partial charge on any atom is 0.137 e. The van der Waals surface area contributed by atoms with Gasteiger partial charge in [-0.25, -0.2) is 0 Å². The van der Waals surface area contributed by atoms with Crippen LogP contribution in [0.15, 0.2) is 229 Å². The quantitative estimate of drug-likeness (QED) is 0.176. The highest BCUT2D eigenvalue weighted by Gasteiger charge is 2.50. The van der Waals surface area contributed by atoms with Gasteiger partial charge in [0, 0.05) is 36.8 Å². The van der Waals surface area contributed by atoms with Gasteiger partial charge in [-0.15, -0.1) is 11.3 Å². The molecule has 0 bridgehead atoms. The fourth-order valence-electron chi connectivity index (χ4n) is 11.3. The number of anilines is 3. The molecule has 298 valence electrons. The number of hydrogen-bond acceptors (Lipinski definition) is 3. The Morgan fingerprint density at radius 2 is 0.922 bits per heavy atom. The minimum atomic E-state index is -0.664. The van der Waals surface area contributed by atoms with Crippen molar-refractivity contribution >= 4 is 70.5 Å². The summed E-state index contributed by atoms with van der Waals surface area (Å²) >= 11 is 1.89. The van der Waals surface area contributed by atoms with Crippen LogP contribution in [0.25, 0.3) is 86.6 Å². The van der Waals surface area contributed by atoms with Crippen LogP contribution in [0.3, 0.4) is 0 Å². The molecule has 0 aliphatic heterocycles. The van der Waals surface area contributed by atoms with Gasteiger partial charge in [0.25, 0.3) is 0 Å². The molecule has 0 radical (unpaired) electrons. The molecule has 10 aromatic carbocycles. The Morgan fingerprint density at radius 1 is 0.344 bits per heavy atom. The summed E-state index contributed by atoms with van der Waals surface area (Å²) in [6.07, 6.45) is 0. The van der Waals surface area contributed by atoms with E-state index in [9.17, 15) is 0 Å². The van der Waals surface area contributed by atoms with Crippen LogP contribution in [0, 0.1) is 0 Å². The summed E-state index contributed by atoms with van der Waals surface area (Å²) in [5, 5.41) is 4.79. The third kappa shape index (κ3) is 4.85. The molecule has 2 nitrogen and oxygen atoms in total. The summed E-state index contributed by atoms with van der Waals surface area (Å²) < 4.78 is 9.23. The van der Waals surface area contributed by atoms with Gasteiger partial charge < -0.3 is 9.32 Å². The molecule has 0 fully saturated rings. The first kappa shape index (κ1) is 35.6. The lowest BCUT2D eigenvalue weighted by atomic mass is 9.65. The third-order valence-electron chi connectivity index (χ3n) is 13.9. The topological polar surface area (TPSA) is 16.4 Å². The second kappa shape index (κ2) is 13.5. The maximum atomic E-state index is 6.60. The van der Waals surface area contributed by atoms with E-state index in [0.717, 1.165) is 50.1 Å². The maximum absolute atomic E-state index is 6.60. The summed E-state index contributed by atoms with van der Waals surface area (Å²) in [5.41, 5.74) is 19.4. The van der Waals surface area contributed by atoms with Gasteiger partial charge in [0.15, 0.2) is 0 Å². The smallest absolute Gasteiger partial charge is 0.137 e. The lowest BCUT2D eigenvalue weighted by molar-refractivity contribution is 0.669. The minimum Gasteiger partial charge on any atom is -0.456 e. The van der Waals surface area contributed by atoms with E-state index in [4.69, 9.17) is 4.42 Å². The number of para-hydroxylation sites is 2. The second-order valence-corrected chi connectivity index (χ2v) is 18.2. The van der Waals surface area contributed by atoms with Crippen molar-refractivity contribution in [2.24, 2.45) is 0 Å². The molecule has 14 rings (SSSR count). The standard InChI is InChI=1S/C61H37NOS/c1-2-17-38(18-3-1)40-19-8-13-28-54(40)62(55-29-16-31-57-60(55)47-25-9-14-30-56(47)63-57)39-33-34-45-42-21-5-4-20-41(42)43-22-6-11-26-50(43)61(52(45)35-39)51-27-12-7-23-44(51)48-37-59-49(36-53(48)61)46-24-10-15-32-58(46)64-59/h1-37H. The van der Waals surface area contributed by atoms with Gasteiger partial charge in [-0.2, -0.15) is 0 Å². The molecule has 3 heteroatoms. The molecule has 2 aliphatic carbocycles. The lowest BCUT2D eigenvalue weighted by Gasteiger charge is -2.37. The van der Waals surface area contributed by atoms with Crippen molar-refractivity contribution in [3.8, 4) is 44.5 Å². The van der Waals surface area contributed by atoms with Gasteiger partial charge in [0.1, 0.15) is 11.2 Å². The molecule has 1 spiro atoms. The van der Waals surface area contributed by atoms with Crippen LogP contribution in [-0.2, 0) is 5.41 Å². The van der Waals surface area contributed by atoms with E-state index in [-0.39, 0.29) is 0 Å². The summed E-state index contributed by atoms with van der Waals surface area (Å²) in [4.78, 5) is 2.49. The number of thiophene rings is 1. The SMILES string of the molecule is c1ccc(-c2ccccc2N(c2ccc3c(c2)C2(c4ccccc4-c4ccccc4-3)c3ccccc3-c3cc4sc5ccccc5c4cc32)c2cccc3oc4ccccc4c23)cc1. The molecule has 0 saturated heterocycles. The monoisotopic (exact) mass is 831 g/mol. The van der Waals surface area contributed by atoms with Crippen LogP contribution in [0.1, 0.15) is 22.3 Å². The van der Waals surface area contributed by atoms with Gasteiger partial charge in [-0.1, -0.05) is 170 Å². The van der Waals surface area contributed by atoms with Crippen LogP contribution < -0.4 is 4.90 Å². The van der Waals surface area contributed by atoms with Gasteiger partial charge >= 0.3 is 0 Å². The Balaban J connectivity index is 1.15. The second-order valence-electron chi connectivity index (χ2n) is 17.1. The molecule has 0 N–H and O–H groups in total. The van der Waals surface area contributed by atoms with E-state index in [2.05, 4.69) is 229 Å². The minimum absolute atomic E-state index is 0.664. The molecular weight excluding hydrogens is 795 g/mol. The molecule has 0 amide bonds. The Bertz CT molecular complexity index is 3870. The molecule has 64 heavy (non-hydrogen) atoms. The number of fused-ring (bicyclic) bond motifs is 18. The predicted molar refractivity (Wildman–Crippen MR) is 268 cm³/mol. The van der Waals surface area contributed by atoms with Gasteiger partial charge in [-0.3, -0.25) is 0 Å². The number of rotatable bonds is 4. The van der Waals surface area contributed by atoms with Gasteiger partial charge in [-0.05, 0) is 116 Å². The first-order chi connectivity index (χ1) is 31.8. The Kier molecular flexibility index (Phi) is 7.51. The van der Waals surface area contributed by atoms with Crippen molar-refractivity contribution in [1.29, 1.82) is 0 Å². The first-order valence-corrected chi connectivity index (χ1v) is 22.8. The summed E-state index contributed by atoms with van der Waals surface area (Å²) in [7, 11) is 0. The Hall–Kier alpha value is -7.98. The molecule has 0 saturated carbocycles. The van der Waals surface area contributed by atoms with Crippen molar-refractivity contribution in [2.45, 2.75) is 5.41 Å². The molecule has 2 aliphatic rings. The predicted octanol–water partition coefficient (Wildman–Crippen LogP) is 17.1. The van der Waals surface area contributed by atoms with E-state index >= 15 is 0 Å². The zero-order valence-electron chi connectivity index (χ0n) is 34.6. The third-order valence-corrected chi connectivity index (χ3v) is 15.0. The van der Waals surface area contributed by atoms with E-state index in [1.165, 1.54) is 75.8 Å². The lowest BCUT2D eigenvalue weighted by Crippen LogP contribution is -2.29. The highest BCUT2D eigenvalue weighted by molar-refractivity contribution is 7.25. The molecule has 2 heterocycles. The van der Waals surface area contributed by atoms with Crippen molar-refractivity contribution < 1.29 is 4.42 Å². The van der Waals surface area contributed by atoms with E-state index in [0.29, 0.717) is 0 Å². The molecule has 2 aromatic heterocycles. The summed E-state index contributed by atoms with van der Waals surface area (Å²) in [5.74, 6) is 0. The van der Waals surface area contributed by atoms with E-state index in [1.54, 1.807) is 0 Å².